The molecule has 0 aromatic heterocycles. The van der Waals surface area contributed by atoms with E-state index in [1.54, 1.807) is 11.1 Å². The summed E-state index contributed by atoms with van der Waals surface area (Å²) in [7, 11) is 0. The molecule has 2 heteroatoms. The first-order valence-corrected chi connectivity index (χ1v) is 5.71. The predicted octanol–water partition coefficient (Wildman–Crippen LogP) is 2.43. The van der Waals surface area contributed by atoms with Crippen molar-refractivity contribution in [3.05, 3.63) is 35.4 Å². The number of benzene rings is 1. The standard InChI is InChI=1S/C13H17N.ClH/c1-2-4-11-8-13(7-10(11)3-1)12-5-6-14-9-12;/h1-4,12-14H,5-9H2;1H. The molecule has 82 valence electrons. The second kappa shape index (κ2) is 4.54. The van der Waals surface area contributed by atoms with Gasteiger partial charge in [0.15, 0.2) is 0 Å². The van der Waals surface area contributed by atoms with Crippen LogP contribution < -0.4 is 5.32 Å². The van der Waals surface area contributed by atoms with Crippen molar-refractivity contribution in [2.45, 2.75) is 19.3 Å². The van der Waals surface area contributed by atoms with E-state index < -0.39 is 0 Å². The average Bonchev–Trinajstić information content (AvgIpc) is 2.86. The van der Waals surface area contributed by atoms with Crippen LogP contribution >= 0.6 is 12.4 Å². The molecule has 2 aliphatic rings. The largest absolute Gasteiger partial charge is 0.316 e. The van der Waals surface area contributed by atoms with E-state index in [-0.39, 0.29) is 12.4 Å². The number of fused-ring (bicyclic) bond motifs is 1. The maximum absolute atomic E-state index is 3.48. The molecule has 1 saturated heterocycles. The molecule has 1 atom stereocenters. The molecule has 1 heterocycles. The highest BCUT2D eigenvalue weighted by Crippen LogP contribution is 2.33. The summed E-state index contributed by atoms with van der Waals surface area (Å²) in [6, 6.07) is 8.96. The number of halogens is 1. The van der Waals surface area contributed by atoms with Crippen molar-refractivity contribution in [3.8, 4) is 0 Å². The van der Waals surface area contributed by atoms with Gasteiger partial charge in [-0.15, -0.1) is 12.4 Å². The summed E-state index contributed by atoms with van der Waals surface area (Å²) in [5, 5.41) is 3.48. The second-order valence-corrected chi connectivity index (χ2v) is 4.69. The zero-order chi connectivity index (χ0) is 9.38. The summed E-state index contributed by atoms with van der Waals surface area (Å²) in [4.78, 5) is 0. The molecule has 1 unspecified atom stereocenters. The summed E-state index contributed by atoms with van der Waals surface area (Å²) in [5.41, 5.74) is 3.20. The van der Waals surface area contributed by atoms with E-state index in [0.29, 0.717) is 0 Å². The van der Waals surface area contributed by atoms with Crippen LogP contribution in [0.25, 0.3) is 0 Å². The highest BCUT2D eigenvalue weighted by Gasteiger charge is 2.29. The summed E-state index contributed by atoms with van der Waals surface area (Å²) < 4.78 is 0. The molecule has 1 aliphatic heterocycles. The van der Waals surface area contributed by atoms with Crippen LogP contribution in [0, 0.1) is 11.8 Å². The van der Waals surface area contributed by atoms with Crippen LogP contribution in [0.15, 0.2) is 24.3 Å². The maximum atomic E-state index is 3.48. The molecule has 1 fully saturated rings. The molecule has 1 N–H and O–H groups in total. The number of hydrogen-bond acceptors (Lipinski definition) is 1. The molecular weight excluding hydrogens is 206 g/mol. The molecule has 0 amide bonds. The zero-order valence-corrected chi connectivity index (χ0v) is 9.72. The van der Waals surface area contributed by atoms with Crippen molar-refractivity contribution in [1.82, 2.24) is 5.32 Å². The van der Waals surface area contributed by atoms with Gasteiger partial charge < -0.3 is 5.32 Å². The predicted molar refractivity (Wildman–Crippen MR) is 65.6 cm³/mol. The Bertz CT molecular complexity index is 306. The molecule has 0 saturated carbocycles. The maximum Gasteiger partial charge on any atom is -0.00172 e. The number of hydrogen-bond donors (Lipinski definition) is 1. The van der Waals surface area contributed by atoms with Gasteiger partial charge in [-0.05, 0) is 55.3 Å². The normalized spacial score (nSPS) is 24.9. The molecule has 15 heavy (non-hydrogen) atoms. The lowest BCUT2D eigenvalue weighted by atomic mass is 9.89. The third-order valence-corrected chi connectivity index (χ3v) is 3.85. The van der Waals surface area contributed by atoms with Crippen molar-refractivity contribution >= 4 is 12.4 Å². The lowest BCUT2D eigenvalue weighted by molar-refractivity contribution is 0.373. The summed E-state index contributed by atoms with van der Waals surface area (Å²) in [5.74, 6) is 1.85. The Kier molecular flexibility index (Phi) is 3.32. The lowest BCUT2D eigenvalue weighted by Gasteiger charge is -2.16. The van der Waals surface area contributed by atoms with Crippen molar-refractivity contribution in [2.24, 2.45) is 11.8 Å². The Morgan fingerprint density at radius 2 is 1.67 bits per heavy atom. The minimum atomic E-state index is 0. The van der Waals surface area contributed by atoms with Crippen molar-refractivity contribution < 1.29 is 0 Å². The molecular formula is C13H18ClN. The SMILES string of the molecule is Cl.c1ccc2c(c1)CC(C1CCNC1)C2. The highest BCUT2D eigenvalue weighted by molar-refractivity contribution is 5.85. The fourth-order valence-electron chi connectivity index (χ4n) is 3.01. The summed E-state index contributed by atoms with van der Waals surface area (Å²) in [6.45, 7) is 2.48. The van der Waals surface area contributed by atoms with E-state index in [0.717, 1.165) is 11.8 Å². The second-order valence-electron chi connectivity index (χ2n) is 4.69. The Balaban J connectivity index is 0.000000853. The van der Waals surface area contributed by atoms with E-state index in [4.69, 9.17) is 0 Å². The highest BCUT2D eigenvalue weighted by atomic mass is 35.5. The number of rotatable bonds is 1. The third kappa shape index (κ3) is 2.04. The van der Waals surface area contributed by atoms with Crippen LogP contribution in [0.3, 0.4) is 0 Å². The Morgan fingerprint density at radius 3 is 2.20 bits per heavy atom. The van der Waals surface area contributed by atoms with Crippen LogP contribution in [-0.2, 0) is 12.8 Å². The fraction of sp³-hybridized carbons (Fsp3) is 0.538. The van der Waals surface area contributed by atoms with Crippen LogP contribution in [0.5, 0.6) is 0 Å². The minimum Gasteiger partial charge on any atom is -0.316 e. The van der Waals surface area contributed by atoms with Crippen LogP contribution in [0.4, 0.5) is 0 Å². The number of nitrogens with one attached hydrogen (secondary N) is 1. The van der Waals surface area contributed by atoms with Crippen molar-refractivity contribution in [1.29, 1.82) is 0 Å². The van der Waals surface area contributed by atoms with Gasteiger partial charge in [-0.3, -0.25) is 0 Å². The Hall–Kier alpha value is -0.530. The molecule has 1 aromatic carbocycles. The average molecular weight is 224 g/mol. The van der Waals surface area contributed by atoms with Gasteiger partial charge in [-0.2, -0.15) is 0 Å². The van der Waals surface area contributed by atoms with E-state index in [1.165, 1.54) is 32.4 Å². The summed E-state index contributed by atoms with van der Waals surface area (Å²) >= 11 is 0. The lowest BCUT2D eigenvalue weighted by Crippen LogP contribution is -2.18. The van der Waals surface area contributed by atoms with Gasteiger partial charge in [0.25, 0.3) is 0 Å². The van der Waals surface area contributed by atoms with Gasteiger partial charge >= 0.3 is 0 Å². The van der Waals surface area contributed by atoms with Crippen molar-refractivity contribution in [2.75, 3.05) is 13.1 Å². The topological polar surface area (TPSA) is 12.0 Å². The molecule has 1 aliphatic carbocycles. The van der Waals surface area contributed by atoms with Gasteiger partial charge in [0.05, 0.1) is 0 Å². The van der Waals surface area contributed by atoms with E-state index in [1.807, 2.05) is 0 Å². The van der Waals surface area contributed by atoms with Gasteiger partial charge in [0.2, 0.25) is 0 Å². The van der Waals surface area contributed by atoms with Gasteiger partial charge in [0.1, 0.15) is 0 Å². The smallest absolute Gasteiger partial charge is 0.00172 e. The monoisotopic (exact) mass is 223 g/mol. The Morgan fingerprint density at radius 1 is 1.00 bits per heavy atom. The van der Waals surface area contributed by atoms with E-state index in [2.05, 4.69) is 29.6 Å². The minimum absolute atomic E-state index is 0. The third-order valence-electron chi connectivity index (χ3n) is 3.85. The molecule has 1 aromatic rings. The van der Waals surface area contributed by atoms with Crippen LogP contribution in [0.2, 0.25) is 0 Å². The Labute approximate surface area is 97.7 Å². The van der Waals surface area contributed by atoms with E-state index in [9.17, 15) is 0 Å². The van der Waals surface area contributed by atoms with Gasteiger partial charge in [0, 0.05) is 0 Å². The molecule has 1 nitrogen and oxygen atoms in total. The molecule has 0 radical (unpaired) electrons. The quantitative estimate of drug-likeness (QED) is 0.771. The molecule has 0 spiro atoms. The van der Waals surface area contributed by atoms with Crippen molar-refractivity contribution in [3.63, 3.8) is 0 Å². The van der Waals surface area contributed by atoms with Crippen LogP contribution in [0.1, 0.15) is 17.5 Å². The summed E-state index contributed by atoms with van der Waals surface area (Å²) in [6.07, 6.45) is 4.03. The van der Waals surface area contributed by atoms with Crippen LogP contribution in [-0.4, -0.2) is 13.1 Å². The van der Waals surface area contributed by atoms with Gasteiger partial charge in [-0.1, -0.05) is 24.3 Å². The van der Waals surface area contributed by atoms with Gasteiger partial charge in [-0.25, -0.2) is 0 Å². The first-order valence-electron chi connectivity index (χ1n) is 5.71. The zero-order valence-electron chi connectivity index (χ0n) is 8.91. The molecule has 3 rings (SSSR count). The van der Waals surface area contributed by atoms with E-state index >= 15 is 0 Å². The fourth-order valence-corrected chi connectivity index (χ4v) is 3.01. The first-order chi connectivity index (χ1) is 6.93. The molecule has 0 bridgehead atoms. The first kappa shape index (κ1) is 11.0.